The maximum atomic E-state index is 11.3. The van der Waals surface area contributed by atoms with Gasteiger partial charge in [-0.3, -0.25) is 4.79 Å². The number of nitriles is 1. The third-order valence-electron chi connectivity index (χ3n) is 2.40. The Morgan fingerprint density at radius 2 is 2.26 bits per heavy atom. The number of hydrogen-bond donors (Lipinski definition) is 2. The summed E-state index contributed by atoms with van der Waals surface area (Å²) < 4.78 is 0. The van der Waals surface area contributed by atoms with Gasteiger partial charge in [0.1, 0.15) is 6.07 Å². The standard InChI is InChI=1S/C13H11N3O2S/c1-8-4-12(18)16-13(15-8)19-11-3-2-9(7-17)5-10(11)6-14/h2-5,17H,7H2,1H3,(H,15,16,18). The summed E-state index contributed by atoms with van der Waals surface area (Å²) in [5.41, 5.74) is 1.52. The summed E-state index contributed by atoms with van der Waals surface area (Å²) in [5.74, 6) is 0. The second kappa shape index (κ2) is 5.69. The third kappa shape index (κ3) is 3.22. The smallest absolute Gasteiger partial charge is 0.251 e. The molecule has 0 aliphatic carbocycles. The fraction of sp³-hybridized carbons (Fsp3) is 0.154. The van der Waals surface area contributed by atoms with E-state index in [0.29, 0.717) is 26.9 Å². The highest BCUT2D eigenvalue weighted by Crippen LogP contribution is 2.28. The molecule has 1 heterocycles. The van der Waals surface area contributed by atoms with E-state index in [4.69, 9.17) is 10.4 Å². The molecule has 1 aromatic heterocycles. The first-order valence-corrected chi connectivity index (χ1v) is 6.33. The lowest BCUT2D eigenvalue weighted by Gasteiger charge is -2.05. The SMILES string of the molecule is Cc1cc(=O)[nH]c(Sc2ccc(CO)cc2C#N)n1. The summed E-state index contributed by atoms with van der Waals surface area (Å²) in [6.07, 6.45) is 0. The van der Waals surface area contributed by atoms with Gasteiger partial charge in [-0.15, -0.1) is 0 Å². The van der Waals surface area contributed by atoms with Crippen LogP contribution in [0.5, 0.6) is 0 Å². The minimum Gasteiger partial charge on any atom is -0.392 e. The molecule has 0 bridgehead atoms. The van der Waals surface area contributed by atoms with Crippen molar-refractivity contribution in [2.75, 3.05) is 0 Å². The van der Waals surface area contributed by atoms with Gasteiger partial charge in [-0.25, -0.2) is 4.98 Å². The summed E-state index contributed by atoms with van der Waals surface area (Å²) in [6, 6.07) is 8.56. The van der Waals surface area contributed by atoms with Crippen LogP contribution in [0.1, 0.15) is 16.8 Å². The molecule has 0 saturated heterocycles. The number of hydrogen-bond acceptors (Lipinski definition) is 5. The first-order chi connectivity index (χ1) is 9.12. The van der Waals surface area contributed by atoms with Crippen molar-refractivity contribution in [3.05, 3.63) is 51.4 Å². The van der Waals surface area contributed by atoms with Crippen molar-refractivity contribution in [1.29, 1.82) is 5.26 Å². The molecule has 2 rings (SSSR count). The molecule has 1 aromatic carbocycles. The van der Waals surface area contributed by atoms with Crippen molar-refractivity contribution in [3.63, 3.8) is 0 Å². The highest BCUT2D eigenvalue weighted by Gasteiger charge is 2.07. The van der Waals surface area contributed by atoms with Crippen LogP contribution in [0.3, 0.4) is 0 Å². The van der Waals surface area contributed by atoms with Gasteiger partial charge in [0, 0.05) is 16.7 Å². The lowest BCUT2D eigenvalue weighted by atomic mass is 10.1. The van der Waals surface area contributed by atoms with Crippen LogP contribution in [0.4, 0.5) is 0 Å². The molecule has 2 N–H and O–H groups in total. The Labute approximate surface area is 113 Å². The number of H-pyrrole nitrogens is 1. The van der Waals surface area contributed by atoms with E-state index in [1.807, 2.05) is 0 Å². The minimum absolute atomic E-state index is 0.112. The summed E-state index contributed by atoms with van der Waals surface area (Å²) in [4.78, 5) is 18.8. The van der Waals surface area contributed by atoms with Crippen LogP contribution in [0, 0.1) is 18.3 Å². The largest absolute Gasteiger partial charge is 0.392 e. The molecule has 0 amide bonds. The monoisotopic (exact) mass is 273 g/mol. The quantitative estimate of drug-likeness (QED) is 0.829. The van der Waals surface area contributed by atoms with E-state index in [1.165, 1.54) is 17.8 Å². The summed E-state index contributed by atoms with van der Waals surface area (Å²) in [5, 5.41) is 18.6. The van der Waals surface area contributed by atoms with Crippen molar-refractivity contribution in [3.8, 4) is 6.07 Å². The zero-order chi connectivity index (χ0) is 13.8. The Balaban J connectivity index is 2.38. The molecule has 0 saturated carbocycles. The molecule has 0 radical (unpaired) electrons. The topological polar surface area (TPSA) is 89.8 Å². The molecular weight excluding hydrogens is 262 g/mol. The molecular formula is C13H11N3O2S. The van der Waals surface area contributed by atoms with Crippen LogP contribution < -0.4 is 5.56 Å². The summed E-state index contributed by atoms with van der Waals surface area (Å²) in [7, 11) is 0. The van der Waals surface area contributed by atoms with Crippen LogP contribution in [-0.4, -0.2) is 15.1 Å². The molecule has 2 aromatic rings. The Kier molecular flexibility index (Phi) is 4.00. The highest BCUT2D eigenvalue weighted by molar-refractivity contribution is 7.99. The minimum atomic E-state index is -0.222. The van der Waals surface area contributed by atoms with Gasteiger partial charge in [-0.1, -0.05) is 17.8 Å². The molecule has 0 unspecified atom stereocenters. The number of aromatic amines is 1. The van der Waals surface area contributed by atoms with Crippen LogP contribution in [0.2, 0.25) is 0 Å². The second-order valence-corrected chi connectivity index (χ2v) is 4.93. The lowest BCUT2D eigenvalue weighted by molar-refractivity contribution is 0.281. The van der Waals surface area contributed by atoms with Crippen LogP contribution >= 0.6 is 11.8 Å². The molecule has 0 aliphatic heterocycles. The van der Waals surface area contributed by atoms with Crippen molar-refractivity contribution >= 4 is 11.8 Å². The zero-order valence-corrected chi connectivity index (χ0v) is 11.0. The van der Waals surface area contributed by atoms with Gasteiger partial charge in [-0.2, -0.15) is 5.26 Å². The average molecular weight is 273 g/mol. The van der Waals surface area contributed by atoms with Gasteiger partial charge in [0.05, 0.1) is 12.2 Å². The number of aromatic nitrogens is 2. The average Bonchev–Trinajstić information content (AvgIpc) is 2.38. The number of aliphatic hydroxyl groups excluding tert-OH is 1. The van der Waals surface area contributed by atoms with E-state index in [9.17, 15) is 4.79 Å². The van der Waals surface area contributed by atoms with Crippen molar-refractivity contribution < 1.29 is 5.11 Å². The van der Waals surface area contributed by atoms with Gasteiger partial charge in [0.2, 0.25) is 0 Å². The number of nitrogens with one attached hydrogen (secondary N) is 1. The van der Waals surface area contributed by atoms with E-state index >= 15 is 0 Å². The molecule has 0 aliphatic rings. The fourth-order valence-electron chi connectivity index (χ4n) is 1.56. The fourth-order valence-corrected chi connectivity index (χ4v) is 2.46. The predicted molar refractivity (Wildman–Crippen MR) is 70.8 cm³/mol. The van der Waals surface area contributed by atoms with E-state index in [2.05, 4.69) is 16.0 Å². The van der Waals surface area contributed by atoms with Crippen molar-refractivity contribution in [1.82, 2.24) is 9.97 Å². The van der Waals surface area contributed by atoms with Gasteiger partial charge in [-0.05, 0) is 24.6 Å². The summed E-state index contributed by atoms with van der Waals surface area (Å²) in [6.45, 7) is 1.62. The van der Waals surface area contributed by atoms with E-state index < -0.39 is 0 Å². The Bertz CT molecular complexity index is 704. The lowest BCUT2D eigenvalue weighted by Crippen LogP contribution is -2.08. The number of aryl methyl sites for hydroxylation is 1. The molecule has 0 spiro atoms. The Morgan fingerprint density at radius 3 is 2.89 bits per heavy atom. The first-order valence-electron chi connectivity index (χ1n) is 5.52. The zero-order valence-electron chi connectivity index (χ0n) is 10.2. The first kappa shape index (κ1) is 13.3. The predicted octanol–water partition coefficient (Wildman–Crippen LogP) is 1.59. The van der Waals surface area contributed by atoms with E-state index in [0.717, 1.165) is 0 Å². The van der Waals surface area contributed by atoms with Gasteiger partial charge in [0.25, 0.3) is 5.56 Å². The Hall–Kier alpha value is -2.10. The van der Waals surface area contributed by atoms with Gasteiger partial charge >= 0.3 is 0 Å². The van der Waals surface area contributed by atoms with Gasteiger partial charge < -0.3 is 10.1 Å². The summed E-state index contributed by atoms with van der Waals surface area (Å²) >= 11 is 1.22. The van der Waals surface area contributed by atoms with Gasteiger partial charge in [0.15, 0.2) is 5.16 Å². The Morgan fingerprint density at radius 1 is 1.47 bits per heavy atom. The molecule has 0 atom stereocenters. The highest BCUT2D eigenvalue weighted by atomic mass is 32.2. The van der Waals surface area contributed by atoms with Crippen LogP contribution in [-0.2, 0) is 6.61 Å². The maximum Gasteiger partial charge on any atom is 0.251 e. The number of nitrogens with zero attached hydrogens (tertiary/aromatic N) is 2. The van der Waals surface area contributed by atoms with Crippen LogP contribution in [0.15, 0.2) is 39.1 Å². The van der Waals surface area contributed by atoms with E-state index in [1.54, 1.807) is 25.1 Å². The number of aliphatic hydroxyl groups is 1. The number of rotatable bonds is 3. The normalized spacial score (nSPS) is 10.2. The van der Waals surface area contributed by atoms with Crippen molar-refractivity contribution in [2.24, 2.45) is 0 Å². The number of benzene rings is 1. The van der Waals surface area contributed by atoms with Crippen LogP contribution in [0.25, 0.3) is 0 Å². The second-order valence-electron chi connectivity index (χ2n) is 3.89. The van der Waals surface area contributed by atoms with E-state index in [-0.39, 0.29) is 12.2 Å². The molecule has 5 nitrogen and oxygen atoms in total. The molecule has 19 heavy (non-hydrogen) atoms. The molecule has 96 valence electrons. The third-order valence-corrected chi connectivity index (χ3v) is 3.36. The van der Waals surface area contributed by atoms with Crippen molar-refractivity contribution in [2.45, 2.75) is 23.6 Å². The maximum absolute atomic E-state index is 11.3. The molecule has 6 heteroatoms. The molecule has 0 fully saturated rings.